The maximum absolute atomic E-state index is 13.2. The molecule has 1 aromatic rings. The number of benzene rings is 1. The van der Waals surface area contributed by atoms with Gasteiger partial charge in [0.1, 0.15) is 5.82 Å². The molecular formula is C15H22FNO4. The summed E-state index contributed by atoms with van der Waals surface area (Å²) in [5.74, 6) is -1.15. The van der Waals surface area contributed by atoms with Crippen molar-refractivity contribution in [1.29, 1.82) is 0 Å². The molecule has 0 radical (unpaired) electrons. The maximum Gasteiger partial charge on any atom is 0.304 e. The minimum atomic E-state index is -0.886. The first-order chi connectivity index (χ1) is 10.0. The molecule has 1 rings (SSSR count). The van der Waals surface area contributed by atoms with Crippen LogP contribution in [0.3, 0.4) is 0 Å². The van der Waals surface area contributed by atoms with Gasteiger partial charge in [0.2, 0.25) is 0 Å². The molecule has 0 aromatic heterocycles. The van der Waals surface area contributed by atoms with Gasteiger partial charge in [-0.15, -0.1) is 0 Å². The largest absolute Gasteiger partial charge is 0.481 e. The third-order valence-corrected chi connectivity index (χ3v) is 3.04. The van der Waals surface area contributed by atoms with E-state index in [-0.39, 0.29) is 31.5 Å². The minimum Gasteiger partial charge on any atom is -0.481 e. The van der Waals surface area contributed by atoms with Crippen LogP contribution in [-0.4, -0.2) is 48.6 Å². The van der Waals surface area contributed by atoms with E-state index >= 15 is 0 Å². The number of hydrogen-bond acceptors (Lipinski definition) is 4. The van der Waals surface area contributed by atoms with Gasteiger partial charge >= 0.3 is 5.97 Å². The minimum absolute atomic E-state index is 0.0174. The maximum atomic E-state index is 13.2. The van der Waals surface area contributed by atoms with Crippen LogP contribution in [0.15, 0.2) is 18.2 Å². The van der Waals surface area contributed by atoms with Crippen LogP contribution in [0.5, 0.6) is 0 Å². The van der Waals surface area contributed by atoms with Crippen molar-refractivity contribution in [2.45, 2.75) is 25.8 Å². The van der Waals surface area contributed by atoms with Crippen molar-refractivity contribution in [3.8, 4) is 0 Å². The molecule has 21 heavy (non-hydrogen) atoms. The number of carboxylic acid groups (broad SMARTS) is 1. The predicted octanol–water partition coefficient (Wildman–Crippen LogP) is 1.12. The summed E-state index contributed by atoms with van der Waals surface area (Å²) in [7, 11) is 0. The molecule has 1 unspecified atom stereocenters. The van der Waals surface area contributed by atoms with Gasteiger partial charge in [-0.2, -0.15) is 0 Å². The van der Waals surface area contributed by atoms with E-state index in [0.717, 1.165) is 5.56 Å². The molecule has 0 aliphatic heterocycles. The van der Waals surface area contributed by atoms with Crippen LogP contribution < -0.4 is 5.32 Å². The second-order valence-corrected chi connectivity index (χ2v) is 4.87. The molecule has 118 valence electrons. The number of halogens is 1. The highest BCUT2D eigenvalue weighted by Gasteiger charge is 2.14. The molecule has 0 amide bonds. The number of aliphatic carboxylic acids is 1. The summed E-state index contributed by atoms with van der Waals surface area (Å²) < 4.78 is 18.3. The number of carboxylic acids is 1. The highest BCUT2D eigenvalue weighted by Crippen LogP contribution is 2.12. The average molecular weight is 299 g/mol. The summed E-state index contributed by atoms with van der Waals surface area (Å²) in [6.45, 7) is 2.81. The monoisotopic (exact) mass is 299 g/mol. The van der Waals surface area contributed by atoms with E-state index in [2.05, 4.69) is 5.32 Å². The van der Waals surface area contributed by atoms with Gasteiger partial charge in [-0.1, -0.05) is 12.1 Å². The van der Waals surface area contributed by atoms with Gasteiger partial charge in [0.15, 0.2) is 0 Å². The van der Waals surface area contributed by atoms with E-state index < -0.39 is 5.97 Å². The molecule has 0 heterocycles. The first-order valence-electron chi connectivity index (χ1n) is 6.91. The SMILES string of the molecule is Cc1cc(CC(CC(=O)O)NCCOCCO)ccc1F. The lowest BCUT2D eigenvalue weighted by molar-refractivity contribution is -0.137. The number of carbonyl (C=O) groups is 1. The Bertz CT molecular complexity index is 453. The Morgan fingerprint density at radius 3 is 2.81 bits per heavy atom. The van der Waals surface area contributed by atoms with E-state index in [1.165, 1.54) is 6.07 Å². The molecule has 5 nitrogen and oxygen atoms in total. The van der Waals surface area contributed by atoms with Crippen LogP contribution in [-0.2, 0) is 16.0 Å². The lowest BCUT2D eigenvalue weighted by atomic mass is 10.0. The highest BCUT2D eigenvalue weighted by atomic mass is 19.1. The molecule has 0 fully saturated rings. The lowest BCUT2D eigenvalue weighted by Crippen LogP contribution is -2.35. The number of nitrogens with one attached hydrogen (secondary N) is 1. The van der Waals surface area contributed by atoms with Crippen molar-refractivity contribution >= 4 is 5.97 Å². The summed E-state index contributed by atoms with van der Waals surface area (Å²) in [5.41, 5.74) is 1.44. The fourth-order valence-electron chi connectivity index (χ4n) is 2.05. The third kappa shape index (κ3) is 7.17. The van der Waals surface area contributed by atoms with E-state index in [4.69, 9.17) is 14.9 Å². The molecule has 3 N–H and O–H groups in total. The van der Waals surface area contributed by atoms with Gasteiger partial charge in [0.25, 0.3) is 0 Å². The zero-order chi connectivity index (χ0) is 15.7. The second kappa shape index (κ2) is 9.44. The predicted molar refractivity (Wildman–Crippen MR) is 76.8 cm³/mol. The van der Waals surface area contributed by atoms with E-state index in [9.17, 15) is 9.18 Å². The van der Waals surface area contributed by atoms with E-state index in [1.54, 1.807) is 19.1 Å². The van der Waals surface area contributed by atoms with Gasteiger partial charge in [0.05, 0.1) is 26.2 Å². The second-order valence-electron chi connectivity index (χ2n) is 4.87. The van der Waals surface area contributed by atoms with Gasteiger partial charge in [-0.3, -0.25) is 4.79 Å². The van der Waals surface area contributed by atoms with E-state index in [1.807, 2.05) is 0 Å². The zero-order valence-corrected chi connectivity index (χ0v) is 12.1. The van der Waals surface area contributed by atoms with E-state index in [0.29, 0.717) is 25.1 Å². The Hall–Kier alpha value is -1.50. The molecule has 0 aliphatic carbocycles. The van der Waals surface area contributed by atoms with Crippen molar-refractivity contribution in [2.75, 3.05) is 26.4 Å². The molecule has 0 spiro atoms. The summed E-state index contributed by atoms with van der Waals surface area (Å²) in [6.07, 6.45) is 0.490. The Balaban J connectivity index is 2.52. The fourth-order valence-corrected chi connectivity index (χ4v) is 2.05. The van der Waals surface area contributed by atoms with Gasteiger partial charge in [-0.25, -0.2) is 4.39 Å². The molecule has 0 bridgehead atoms. The Labute approximate surface area is 123 Å². The van der Waals surface area contributed by atoms with Crippen LogP contribution in [0.4, 0.5) is 4.39 Å². The Kier molecular flexibility index (Phi) is 7.89. The lowest BCUT2D eigenvalue weighted by Gasteiger charge is -2.17. The van der Waals surface area contributed by atoms with Crippen LogP contribution in [0.1, 0.15) is 17.5 Å². The number of rotatable bonds is 10. The number of hydrogen-bond donors (Lipinski definition) is 3. The molecule has 0 aliphatic rings. The summed E-state index contributed by atoms with van der Waals surface area (Å²) >= 11 is 0. The standard InChI is InChI=1S/C15H22FNO4/c1-11-8-12(2-3-14(11)16)9-13(10-15(19)20)17-4-6-21-7-5-18/h2-3,8,13,17-18H,4-7,9-10H2,1H3,(H,19,20). The van der Waals surface area contributed by atoms with Crippen LogP contribution in [0, 0.1) is 12.7 Å². The zero-order valence-electron chi connectivity index (χ0n) is 12.1. The number of aryl methyl sites for hydroxylation is 1. The quantitative estimate of drug-likeness (QED) is 0.564. The Morgan fingerprint density at radius 1 is 1.43 bits per heavy atom. The van der Waals surface area contributed by atoms with Crippen LogP contribution in [0.25, 0.3) is 0 Å². The molecule has 1 atom stereocenters. The summed E-state index contributed by atoms with van der Waals surface area (Å²) in [6, 6.07) is 4.55. The van der Waals surface area contributed by atoms with Crippen molar-refractivity contribution in [2.24, 2.45) is 0 Å². The third-order valence-electron chi connectivity index (χ3n) is 3.04. The molecular weight excluding hydrogens is 277 g/mol. The molecule has 0 saturated carbocycles. The van der Waals surface area contributed by atoms with Crippen molar-refractivity contribution < 1.29 is 24.1 Å². The smallest absolute Gasteiger partial charge is 0.304 e. The van der Waals surface area contributed by atoms with Crippen molar-refractivity contribution in [3.63, 3.8) is 0 Å². The average Bonchev–Trinajstić information content (AvgIpc) is 2.42. The van der Waals surface area contributed by atoms with Crippen LogP contribution >= 0.6 is 0 Å². The van der Waals surface area contributed by atoms with Crippen molar-refractivity contribution in [3.05, 3.63) is 35.1 Å². The first-order valence-corrected chi connectivity index (χ1v) is 6.91. The van der Waals surface area contributed by atoms with Gasteiger partial charge in [0, 0.05) is 12.6 Å². The topological polar surface area (TPSA) is 78.8 Å². The molecule has 0 saturated heterocycles. The van der Waals surface area contributed by atoms with Gasteiger partial charge < -0.3 is 20.3 Å². The fraction of sp³-hybridized carbons (Fsp3) is 0.533. The first kappa shape index (κ1) is 17.6. The highest BCUT2D eigenvalue weighted by molar-refractivity contribution is 5.67. The Morgan fingerprint density at radius 2 is 2.19 bits per heavy atom. The molecule has 6 heteroatoms. The normalized spacial score (nSPS) is 12.3. The summed E-state index contributed by atoms with van der Waals surface area (Å²) in [5, 5.41) is 20.6. The summed E-state index contributed by atoms with van der Waals surface area (Å²) in [4.78, 5) is 10.9. The molecule has 1 aromatic carbocycles. The number of aliphatic hydroxyl groups is 1. The number of ether oxygens (including phenoxy) is 1. The van der Waals surface area contributed by atoms with Gasteiger partial charge in [-0.05, 0) is 30.5 Å². The number of aliphatic hydroxyl groups excluding tert-OH is 1. The van der Waals surface area contributed by atoms with Crippen LogP contribution in [0.2, 0.25) is 0 Å². The van der Waals surface area contributed by atoms with Crippen molar-refractivity contribution in [1.82, 2.24) is 5.32 Å².